The van der Waals surface area contributed by atoms with Gasteiger partial charge in [-0.2, -0.15) is 0 Å². The second-order valence-corrected chi connectivity index (χ2v) is 7.17. The first-order valence-corrected chi connectivity index (χ1v) is 8.11. The van der Waals surface area contributed by atoms with Gasteiger partial charge in [-0.3, -0.25) is 0 Å². The Kier molecular flexibility index (Phi) is 5.07. The predicted octanol–water partition coefficient (Wildman–Crippen LogP) is 5.57. The Morgan fingerprint density at radius 1 is 0.947 bits per heavy atom. The first-order valence-electron chi connectivity index (χ1n) is 8.11. The van der Waals surface area contributed by atoms with Crippen LogP contribution in [0.15, 0.2) is 30.3 Å². The van der Waals surface area contributed by atoms with E-state index < -0.39 is 0 Å². The van der Waals surface area contributed by atoms with Crippen LogP contribution in [-0.4, -0.2) is 0 Å². The monoisotopic (exact) mass is 258 g/mol. The van der Waals surface area contributed by atoms with Gasteiger partial charge in [0.05, 0.1) is 0 Å². The summed E-state index contributed by atoms with van der Waals surface area (Å²) < 4.78 is 0. The molecule has 0 aromatic heterocycles. The van der Waals surface area contributed by atoms with Crippen LogP contribution in [0.25, 0.3) is 0 Å². The molecule has 1 aliphatic rings. The van der Waals surface area contributed by atoms with E-state index in [1.165, 1.54) is 31.2 Å². The van der Waals surface area contributed by atoms with E-state index in [2.05, 4.69) is 58.0 Å². The number of hydrogen-bond acceptors (Lipinski definition) is 0. The molecule has 0 unspecified atom stereocenters. The molecule has 0 heteroatoms. The van der Waals surface area contributed by atoms with Crippen LogP contribution in [0.5, 0.6) is 0 Å². The minimum atomic E-state index is 0.835. The van der Waals surface area contributed by atoms with Crippen LogP contribution >= 0.6 is 0 Å². The quantitative estimate of drug-likeness (QED) is 0.662. The molecule has 0 amide bonds. The lowest BCUT2D eigenvalue weighted by molar-refractivity contribution is 0.113. The van der Waals surface area contributed by atoms with E-state index in [0.717, 1.165) is 29.6 Å². The number of benzene rings is 1. The summed E-state index contributed by atoms with van der Waals surface area (Å²) in [6.45, 7) is 9.64. The van der Waals surface area contributed by atoms with Crippen LogP contribution in [0.4, 0.5) is 0 Å². The van der Waals surface area contributed by atoms with Gasteiger partial charge in [0, 0.05) is 0 Å². The zero-order chi connectivity index (χ0) is 13.8. The fraction of sp³-hybridized carbons (Fsp3) is 0.684. The minimum absolute atomic E-state index is 0.835. The van der Waals surface area contributed by atoms with Crippen molar-refractivity contribution < 1.29 is 0 Å². The Balaban J connectivity index is 2.07. The van der Waals surface area contributed by atoms with Crippen molar-refractivity contribution in [2.45, 2.75) is 53.4 Å². The summed E-state index contributed by atoms with van der Waals surface area (Å²) in [4.78, 5) is 0. The molecular weight excluding hydrogens is 228 g/mol. The van der Waals surface area contributed by atoms with Gasteiger partial charge >= 0.3 is 0 Å². The number of hydrogen-bond donors (Lipinski definition) is 0. The molecule has 19 heavy (non-hydrogen) atoms. The second-order valence-electron chi connectivity index (χ2n) is 7.17. The van der Waals surface area contributed by atoms with E-state index in [4.69, 9.17) is 0 Å². The second kappa shape index (κ2) is 6.59. The number of rotatable bonds is 4. The van der Waals surface area contributed by atoms with E-state index in [9.17, 15) is 0 Å². The lowest BCUT2D eigenvalue weighted by Crippen LogP contribution is -2.31. The van der Waals surface area contributed by atoms with Crippen molar-refractivity contribution in [2.24, 2.45) is 29.6 Å². The van der Waals surface area contributed by atoms with Crippen LogP contribution in [0.1, 0.15) is 52.5 Å². The molecule has 1 aliphatic carbocycles. The third kappa shape index (κ3) is 3.84. The van der Waals surface area contributed by atoms with Crippen LogP contribution < -0.4 is 0 Å². The van der Waals surface area contributed by atoms with Crippen molar-refractivity contribution in [3.63, 3.8) is 0 Å². The predicted molar refractivity (Wildman–Crippen MR) is 84.1 cm³/mol. The lowest BCUT2D eigenvalue weighted by atomic mass is 9.65. The molecular formula is C19H30. The Morgan fingerprint density at radius 3 is 2.21 bits per heavy atom. The molecule has 0 saturated heterocycles. The van der Waals surface area contributed by atoms with Crippen molar-refractivity contribution in [3.05, 3.63) is 35.9 Å². The van der Waals surface area contributed by atoms with Crippen molar-refractivity contribution >= 4 is 0 Å². The highest BCUT2D eigenvalue weighted by molar-refractivity contribution is 5.15. The first-order chi connectivity index (χ1) is 9.08. The van der Waals surface area contributed by atoms with Gasteiger partial charge in [-0.25, -0.2) is 0 Å². The Bertz CT molecular complexity index is 363. The maximum atomic E-state index is 2.42. The zero-order valence-electron chi connectivity index (χ0n) is 13.1. The van der Waals surface area contributed by atoms with Gasteiger partial charge in [-0.05, 0) is 60.8 Å². The zero-order valence-corrected chi connectivity index (χ0v) is 13.1. The summed E-state index contributed by atoms with van der Waals surface area (Å²) in [6, 6.07) is 11.1. The first kappa shape index (κ1) is 14.6. The highest BCUT2D eigenvalue weighted by Gasteiger charge is 2.33. The molecule has 0 nitrogen and oxygen atoms in total. The highest BCUT2D eigenvalue weighted by Crippen LogP contribution is 2.42. The van der Waals surface area contributed by atoms with Gasteiger partial charge < -0.3 is 0 Å². The molecule has 0 heterocycles. The summed E-state index contributed by atoms with van der Waals surface area (Å²) >= 11 is 0. The van der Waals surface area contributed by atoms with Crippen LogP contribution in [0.3, 0.4) is 0 Å². The van der Waals surface area contributed by atoms with E-state index in [0.29, 0.717) is 0 Å². The smallest absolute Gasteiger partial charge is 0.0248 e. The maximum absolute atomic E-state index is 2.42. The minimum Gasteiger partial charge on any atom is -0.0625 e. The molecule has 0 radical (unpaired) electrons. The fourth-order valence-corrected chi connectivity index (χ4v) is 3.96. The van der Waals surface area contributed by atoms with Crippen molar-refractivity contribution in [3.8, 4) is 0 Å². The molecule has 0 bridgehead atoms. The maximum Gasteiger partial charge on any atom is -0.0248 e. The Morgan fingerprint density at radius 2 is 1.63 bits per heavy atom. The molecule has 0 spiro atoms. The molecule has 1 aromatic rings. The van der Waals surface area contributed by atoms with Crippen molar-refractivity contribution in [2.75, 3.05) is 0 Å². The topological polar surface area (TPSA) is 0 Å². The third-order valence-corrected chi connectivity index (χ3v) is 5.22. The third-order valence-electron chi connectivity index (χ3n) is 5.22. The van der Waals surface area contributed by atoms with E-state index in [-0.39, 0.29) is 0 Å². The van der Waals surface area contributed by atoms with Gasteiger partial charge in [0.1, 0.15) is 0 Å². The van der Waals surface area contributed by atoms with E-state index in [1.54, 1.807) is 0 Å². The van der Waals surface area contributed by atoms with Crippen LogP contribution in [-0.2, 0) is 6.42 Å². The van der Waals surface area contributed by atoms with Crippen LogP contribution in [0, 0.1) is 29.6 Å². The summed E-state index contributed by atoms with van der Waals surface area (Å²) in [5.41, 5.74) is 1.53. The SMILES string of the molecule is CC(C)[C@H]1CC[C@@H](C(C)C)[C@@H](Cc2ccccc2)C1. The summed E-state index contributed by atoms with van der Waals surface area (Å²) in [5.74, 6) is 4.45. The molecule has 106 valence electrons. The van der Waals surface area contributed by atoms with E-state index in [1.807, 2.05) is 0 Å². The molecule has 0 N–H and O–H groups in total. The Labute approximate surface area is 119 Å². The highest BCUT2D eigenvalue weighted by atomic mass is 14.4. The average Bonchev–Trinajstić information content (AvgIpc) is 2.39. The van der Waals surface area contributed by atoms with E-state index >= 15 is 0 Å². The fourth-order valence-electron chi connectivity index (χ4n) is 3.96. The molecule has 0 aliphatic heterocycles. The largest absolute Gasteiger partial charge is 0.0625 e. The molecule has 2 rings (SSSR count). The lowest BCUT2D eigenvalue weighted by Gasteiger charge is -2.40. The van der Waals surface area contributed by atoms with Gasteiger partial charge in [0.2, 0.25) is 0 Å². The summed E-state index contributed by atoms with van der Waals surface area (Å²) in [7, 11) is 0. The summed E-state index contributed by atoms with van der Waals surface area (Å²) in [5, 5.41) is 0. The van der Waals surface area contributed by atoms with Crippen molar-refractivity contribution in [1.82, 2.24) is 0 Å². The molecule has 1 fully saturated rings. The standard InChI is InChI=1S/C19H30/c1-14(2)17-10-11-19(15(3)4)18(13-17)12-16-8-6-5-7-9-16/h5-9,14-15,17-19H,10-13H2,1-4H3/t17-,18-,19-/m0/s1. The average molecular weight is 258 g/mol. The van der Waals surface area contributed by atoms with Gasteiger partial charge in [-0.1, -0.05) is 58.0 Å². The summed E-state index contributed by atoms with van der Waals surface area (Å²) in [6.07, 6.45) is 5.62. The van der Waals surface area contributed by atoms with Gasteiger partial charge in [0.15, 0.2) is 0 Å². The molecule has 1 saturated carbocycles. The van der Waals surface area contributed by atoms with Crippen molar-refractivity contribution in [1.29, 1.82) is 0 Å². The molecule has 1 aromatic carbocycles. The Hall–Kier alpha value is -0.780. The van der Waals surface area contributed by atoms with Gasteiger partial charge in [0.25, 0.3) is 0 Å². The normalized spacial score (nSPS) is 28.0. The van der Waals surface area contributed by atoms with Crippen LogP contribution in [0.2, 0.25) is 0 Å². The molecule has 3 atom stereocenters. The van der Waals surface area contributed by atoms with Gasteiger partial charge in [-0.15, -0.1) is 0 Å².